The number of rotatable bonds is 39. The number of allylic oxidation sites excluding steroid dienone is 16. The van der Waals surface area contributed by atoms with Crippen molar-refractivity contribution in [3.8, 4) is 0 Å². The van der Waals surface area contributed by atoms with Crippen molar-refractivity contribution in [1.82, 2.24) is 0 Å². The average Bonchev–Trinajstić information content (AvgIpc) is 3.20. The van der Waals surface area contributed by atoms with Gasteiger partial charge in [0.15, 0.2) is 6.10 Å². The van der Waals surface area contributed by atoms with Gasteiger partial charge in [0.1, 0.15) is 6.61 Å². The number of nitrogens with two attached hydrogens (primary N) is 1. The summed E-state index contributed by atoms with van der Waals surface area (Å²) < 4.78 is 32.7. The van der Waals surface area contributed by atoms with Crippen LogP contribution in [0.1, 0.15) is 155 Å². The van der Waals surface area contributed by atoms with Crippen LogP contribution in [0.2, 0.25) is 0 Å². The number of carbonyl (C=O) groups excluding carboxylic acids is 2. The standard InChI is InChI=1S/C47H78NO8P/c1-3-5-7-9-11-13-15-17-19-21-22-24-26-28-30-32-34-36-38-40-47(50)56-45(44-55-57(51,52)54-42-41-48)43-53-46(49)39-37-35-33-31-29-27-25-23-20-18-16-14-12-10-8-6-4-2/h5-8,11-14,17-20,22,24,28,30,45H,3-4,9-10,15-16,21,23,25-27,29,31-44,48H2,1-2H3,(H,51,52)/b7-5-,8-6-,13-11-,14-12-,19-17-,20-18-,24-22-,30-28-. The third-order valence-corrected chi connectivity index (χ3v) is 9.45. The first-order chi connectivity index (χ1) is 27.8. The summed E-state index contributed by atoms with van der Waals surface area (Å²) in [5, 5.41) is 0. The van der Waals surface area contributed by atoms with Crippen molar-refractivity contribution < 1.29 is 37.6 Å². The average molecular weight is 816 g/mol. The van der Waals surface area contributed by atoms with E-state index in [0.29, 0.717) is 12.8 Å². The summed E-state index contributed by atoms with van der Waals surface area (Å²) in [7, 11) is -4.40. The molecule has 0 saturated heterocycles. The van der Waals surface area contributed by atoms with Crippen LogP contribution in [0.3, 0.4) is 0 Å². The van der Waals surface area contributed by atoms with E-state index in [1.807, 2.05) is 0 Å². The molecule has 0 aromatic rings. The van der Waals surface area contributed by atoms with Crippen LogP contribution in [0.5, 0.6) is 0 Å². The summed E-state index contributed by atoms with van der Waals surface area (Å²) >= 11 is 0. The van der Waals surface area contributed by atoms with E-state index >= 15 is 0 Å². The first kappa shape index (κ1) is 53.9. The number of esters is 2. The molecule has 0 aliphatic heterocycles. The lowest BCUT2D eigenvalue weighted by Gasteiger charge is -2.19. The van der Waals surface area contributed by atoms with Crippen molar-refractivity contribution in [2.75, 3.05) is 26.4 Å². The van der Waals surface area contributed by atoms with Gasteiger partial charge in [-0.25, -0.2) is 4.57 Å². The molecular formula is C47H78NO8P. The molecule has 3 N–H and O–H groups in total. The van der Waals surface area contributed by atoms with E-state index in [2.05, 4.69) is 111 Å². The van der Waals surface area contributed by atoms with Gasteiger partial charge >= 0.3 is 19.8 Å². The Labute approximate surface area is 346 Å². The number of hydrogen-bond acceptors (Lipinski definition) is 8. The number of hydrogen-bond donors (Lipinski definition) is 2. The number of phosphoric acid groups is 1. The van der Waals surface area contributed by atoms with Crippen molar-refractivity contribution in [3.63, 3.8) is 0 Å². The topological polar surface area (TPSA) is 134 Å². The highest BCUT2D eigenvalue weighted by molar-refractivity contribution is 7.47. The van der Waals surface area contributed by atoms with E-state index in [9.17, 15) is 19.0 Å². The van der Waals surface area contributed by atoms with Gasteiger partial charge in [-0.1, -0.05) is 150 Å². The van der Waals surface area contributed by atoms with Crippen LogP contribution >= 0.6 is 7.82 Å². The van der Waals surface area contributed by atoms with Crippen molar-refractivity contribution in [2.45, 2.75) is 161 Å². The molecule has 0 saturated carbocycles. The molecule has 0 spiro atoms. The number of ether oxygens (including phenoxy) is 2. The normalized spacial score (nSPS) is 14.2. The van der Waals surface area contributed by atoms with E-state index in [1.54, 1.807) is 0 Å². The smallest absolute Gasteiger partial charge is 0.462 e. The quantitative estimate of drug-likeness (QED) is 0.0269. The fraction of sp³-hybridized carbons (Fsp3) is 0.617. The van der Waals surface area contributed by atoms with Gasteiger partial charge in [0, 0.05) is 19.4 Å². The summed E-state index contributed by atoms with van der Waals surface area (Å²) in [6.45, 7) is 3.43. The lowest BCUT2D eigenvalue weighted by atomic mass is 10.1. The molecule has 0 aromatic heterocycles. The van der Waals surface area contributed by atoms with Gasteiger partial charge in [-0.3, -0.25) is 18.6 Å². The lowest BCUT2D eigenvalue weighted by Crippen LogP contribution is -2.29. The van der Waals surface area contributed by atoms with Crippen LogP contribution in [0.25, 0.3) is 0 Å². The summed E-state index contributed by atoms with van der Waals surface area (Å²) in [5.74, 6) is -0.888. The van der Waals surface area contributed by atoms with E-state index in [4.69, 9.17) is 24.3 Å². The fourth-order valence-corrected chi connectivity index (χ4v) is 6.09. The van der Waals surface area contributed by atoms with Crippen LogP contribution in [0, 0.1) is 0 Å². The largest absolute Gasteiger partial charge is 0.472 e. The predicted octanol–water partition coefficient (Wildman–Crippen LogP) is 12.6. The highest BCUT2D eigenvalue weighted by atomic mass is 31.2. The molecule has 10 heteroatoms. The first-order valence-corrected chi connectivity index (χ1v) is 23.2. The molecule has 0 amide bonds. The summed E-state index contributed by atoms with van der Waals surface area (Å²) in [6.07, 6.45) is 54.3. The minimum Gasteiger partial charge on any atom is -0.462 e. The molecule has 2 atom stereocenters. The third-order valence-electron chi connectivity index (χ3n) is 8.47. The molecule has 2 unspecified atom stereocenters. The number of phosphoric ester groups is 1. The van der Waals surface area contributed by atoms with Gasteiger partial charge in [0.25, 0.3) is 0 Å². The third kappa shape index (κ3) is 42.4. The maximum absolute atomic E-state index is 12.6. The number of carbonyl (C=O) groups is 2. The van der Waals surface area contributed by atoms with Gasteiger partial charge < -0.3 is 20.1 Å². The lowest BCUT2D eigenvalue weighted by molar-refractivity contribution is -0.161. The Hall–Kier alpha value is -3.07. The Kier molecular flexibility index (Phi) is 40.2. The molecule has 0 aromatic carbocycles. The SMILES string of the molecule is CC/C=C\C/C=C\C/C=C\C/C=C\C/C=C\CCCCCC(=O)OC(COC(=O)CCCCCCCCC/C=C\C/C=C\C/C=C\CC)COP(=O)(O)OCCN. The molecule has 0 fully saturated rings. The van der Waals surface area contributed by atoms with Crippen LogP contribution < -0.4 is 5.73 Å². The van der Waals surface area contributed by atoms with E-state index in [1.165, 1.54) is 19.3 Å². The predicted molar refractivity (Wildman–Crippen MR) is 238 cm³/mol. The molecule has 0 aliphatic carbocycles. The second kappa shape index (κ2) is 42.5. The van der Waals surface area contributed by atoms with Crippen LogP contribution in [0.4, 0.5) is 0 Å². The Bertz CT molecular complexity index is 1250. The summed E-state index contributed by atoms with van der Waals surface area (Å²) in [4.78, 5) is 34.9. The zero-order valence-corrected chi connectivity index (χ0v) is 36.4. The summed E-state index contributed by atoms with van der Waals surface area (Å²) in [5.41, 5.74) is 5.35. The van der Waals surface area contributed by atoms with Crippen molar-refractivity contribution in [3.05, 3.63) is 97.2 Å². The van der Waals surface area contributed by atoms with Gasteiger partial charge in [0.2, 0.25) is 0 Å². The zero-order chi connectivity index (χ0) is 41.8. The molecule has 0 heterocycles. The maximum Gasteiger partial charge on any atom is 0.472 e. The van der Waals surface area contributed by atoms with Crippen molar-refractivity contribution in [2.24, 2.45) is 5.73 Å². The molecule has 57 heavy (non-hydrogen) atoms. The zero-order valence-electron chi connectivity index (χ0n) is 35.5. The Morgan fingerprint density at radius 3 is 1.37 bits per heavy atom. The second-order valence-electron chi connectivity index (χ2n) is 13.8. The van der Waals surface area contributed by atoms with Crippen LogP contribution in [0.15, 0.2) is 97.2 Å². The molecule has 0 radical (unpaired) electrons. The maximum atomic E-state index is 12.6. The first-order valence-electron chi connectivity index (χ1n) is 21.7. The Morgan fingerprint density at radius 1 is 0.526 bits per heavy atom. The molecule has 0 aliphatic rings. The van der Waals surface area contributed by atoms with Gasteiger partial charge in [-0.15, -0.1) is 0 Å². The van der Waals surface area contributed by atoms with Crippen molar-refractivity contribution >= 4 is 19.8 Å². The molecule has 324 valence electrons. The van der Waals surface area contributed by atoms with E-state index in [0.717, 1.165) is 96.3 Å². The highest BCUT2D eigenvalue weighted by Gasteiger charge is 2.25. The Balaban J connectivity index is 4.26. The van der Waals surface area contributed by atoms with Gasteiger partial charge in [-0.05, 0) is 89.9 Å². The molecule has 0 rings (SSSR count). The van der Waals surface area contributed by atoms with Crippen molar-refractivity contribution in [1.29, 1.82) is 0 Å². The fourth-order valence-electron chi connectivity index (χ4n) is 5.32. The second-order valence-corrected chi connectivity index (χ2v) is 15.2. The Morgan fingerprint density at radius 2 is 0.912 bits per heavy atom. The molecular weight excluding hydrogens is 737 g/mol. The van der Waals surface area contributed by atoms with Crippen LogP contribution in [-0.2, 0) is 32.7 Å². The number of unbranched alkanes of at least 4 members (excludes halogenated alkanes) is 10. The molecule has 9 nitrogen and oxygen atoms in total. The minimum atomic E-state index is -4.40. The summed E-state index contributed by atoms with van der Waals surface area (Å²) in [6, 6.07) is 0. The van der Waals surface area contributed by atoms with E-state index < -0.39 is 32.5 Å². The monoisotopic (exact) mass is 816 g/mol. The van der Waals surface area contributed by atoms with Gasteiger partial charge in [-0.2, -0.15) is 0 Å². The van der Waals surface area contributed by atoms with Crippen LogP contribution in [-0.4, -0.2) is 49.3 Å². The van der Waals surface area contributed by atoms with Gasteiger partial charge in [0.05, 0.1) is 13.2 Å². The highest BCUT2D eigenvalue weighted by Crippen LogP contribution is 2.43. The molecule has 0 bridgehead atoms. The minimum absolute atomic E-state index is 0.0404. The van der Waals surface area contributed by atoms with E-state index in [-0.39, 0.29) is 32.6 Å².